The summed E-state index contributed by atoms with van der Waals surface area (Å²) in [6, 6.07) is 17.1. The van der Waals surface area contributed by atoms with Gasteiger partial charge in [0.15, 0.2) is 0 Å². The second-order valence-electron chi connectivity index (χ2n) is 6.64. The number of nitrogens with one attached hydrogen (secondary N) is 2. The molecule has 6 heteroatoms. The number of aromatic nitrogens is 2. The first-order chi connectivity index (χ1) is 13.5. The monoisotopic (exact) mass is 376 g/mol. The van der Waals surface area contributed by atoms with Crippen molar-refractivity contribution in [3.63, 3.8) is 0 Å². The van der Waals surface area contributed by atoms with E-state index in [-0.39, 0.29) is 12.3 Å². The number of rotatable bonds is 7. The van der Waals surface area contributed by atoms with Crippen molar-refractivity contribution in [1.82, 2.24) is 9.97 Å². The van der Waals surface area contributed by atoms with E-state index >= 15 is 0 Å². The van der Waals surface area contributed by atoms with Gasteiger partial charge in [0.05, 0.1) is 13.0 Å². The van der Waals surface area contributed by atoms with Crippen molar-refractivity contribution in [3.8, 4) is 5.75 Å². The molecule has 0 aliphatic heterocycles. The maximum atomic E-state index is 12.2. The van der Waals surface area contributed by atoms with E-state index < -0.39 is 0 Å². The summed E-state index contributed by atoms with van der Waals surface area (Å²) in [7, 11) is 0. The summed E-state index contributed by atoms with van der Waals surface area (Å²) in [6.07, 6.45) is 0.270. The van der Waals surface area contributed by atoms with Crippen molar-refractivity contribution in [3.05, 3.63) is 71.5 Å². The molecule has 0 radical (unpaired) electrons. The van der Waals surface area contributed by atoms with E-state index in [0.29, 0.717) is 18.2 Å². The molecule has 0 saturated carbocycles. The number of hydrogen-bond donors (Lipinski definition) is 2. The highest BCUT2D eigenvalue weighted by Crippen LogP contribution is 2.19. The molecular formula is C22H24N4O2. The van der Waals surface area contributed by atoms with Crippen molar-refractivity contribution in [2.75, 3.05) is 17.2 Å². The lowest BCUT2D eigenvalue weighted by molar-refractivity contribution is -0.116. The molecule has 0 unspecified atom stereocenters. The molecule has 2 aromatic carbocycles. The second kappa shape index (κ2) is 8.99. The minimum Gasteiger partial charge on any atom is -0.493 e. The first kappa shape index (κ1) is 19.4. The lowest BCUT2D eigenvalue weighted by Crippen LogP contribution is -2.15. The molecule has 0 aliphatic rings. The van der Waals surface area contributed by atoms with Gasteiger partial charge in [0.2, 0.25) is 11.9 Å². The lowest BCUT2D eigenvalue weighted by Gasteiger charge is -2.10. The van der Waals surface area contributed by atoms with Crippen LogP contribution in [0.1, 0.15) is 23.4 Å². The topological polar surface area (TPSA) is 76.1 Å². The highest BCUT2D eigenvalue weighted by molar-refractivity contribution is 5.91. The quantitative estimate of drug-likeness (QED) is 0.632. The van der Waals surface area contributed by atoms with Crippen molar-refractivity contribution >= 4 is 23.2 Å². The van der Waals surface area contributed by atoms with Gasteiger partial charge in [0.1, 0.15) is 5.75 Å². The van der Waals surface area contributed by atoms with Crippen LogP contribution >= 0.6 is 0 Å². The Bertz CT molecular complexity index is 935. The Hall–Kier alpha value is -3.41. The molecule has 6 nitrogen and oxygen atoms in total. The standard InChI is InChI=1S/C22H24N4O2/c1-15-7-9-20(10-8-15)28-12-11-21(27)25-18-5-4-6-19(14-18)26-22-23-16(2)13-17(3)24-22/h4-10,13-14H,11-12H2,1-3H3,(H,25,27)(H,23,24,26). The maximum absolute atomic E-state index is 12.2. The zero-order valence-electron chi connectivity index (χ0n) is 16.3. The zero-order chi connectivity index (χ0) is 19.9. The summed E-state index contributed by atoms with van der Waals surface area (Å²) in [5.41, 5.74) is 4.47. The summed E-state index contributed by atoms with van der Waals surface area (Å²) < 4.78 is 5.60. The molecule has 3 rings (SSSR count). The normalized spacial score (nSPS) is 10.4. The van der Waals surface area contributed by atoms with Crippen LogP contribution in [0.15, 0.2) is 54.6 Å². The average Bonchev–Trinajstić information content (AvgIpc) is 2.63. The third kappa shape index (κ3) is 5.81. The Morgan fingerprint density at radius 2 is 1.61 bits per heavy atom. The van der Waals surface area contributed by atoms with Gasteiger partial charge in [0.25, 0.3) is 0 Å². The Morgan fingerprint density at radius 1 is 0.929 bits per heavy atom. The molecule has 3 aromatic rings. The number of ether oxygens (including phenoxy) is 1. The fourth-order valence-corrected chi connectivity index (χ4v) is 2.71. The molecule has 1 aromatic heterocycles. The fourth-order valence-electron chi connectivity index (χ4n) is 2.71. The van der Waals surface area contributed by atoms with Gasteiger partial charge < -0.3 is 15.4 Å². The van der Waals surface area contributed by atoms with Crippen LogP contribution in [0, 0.1) is 20.8 Å². The fraction of sp³-hybridized carbons (Fsp3) is 0.227. The molecule has 0 atom stereocenters. The maximum Gasteiger partial charge on any atom is 0.227 e. The van der Waals surface area contributed by atoms with Crippen LogP contribution < -0.4 is 15.4 Å². The number of carbonyl (C=O) groups excluding carboxylic acids is 1. The van der Waals surface area contributed by atoms with E-state index in [1.54, 1.807) is 0 Å². The Morgan fingerprint density at radius 3 is 2.32 bits per heavy atom. The predicted molar refractivity (Wildman–Crippen MR) is 111 cm³/mol. The second-order valence-corrected chi connectivity index (χ2v) is 6.64. The highest BCUT2D eigenvalue weighted by atomic mass is 16.5. The number of anilines is 3. The minimum absolute atomic E-state index is 0.105. The van der Waals surface area contributed by atoms with Crippen LogP contribution in [0.4, 0.5) is 17.3 Å². The minimum atomic E-state index is -0.105. The molecule has 1 amide bonds. The molecule has 0 aliphatic carbocycles. The van der Waals surface area contributed by atoms with Crippen molar-refractivity contribution in [2.45, 2.75) is 27.2 Å². The summed E-state index contributed by atoms with van der Waals surface area (Å²) in [6.45, 7) is 6.19. The SMILES string of the molecule is Cc1ccc(OCCC(=O)Nc2cccc(Nc3nc(C)cc(C)n3)c2)cc1. The zero-order valence-corrected chi connectivity index (χ0v) is 16.3. The number of hydrogen-bond acceptors (Lipinski definition) is 5. The molecule has 0 spiro atoms. The summed E-state index contributed by atoms with van der Waals surface area (Å²) in [5.74, 6) is 1.19. The molecule has 0 bridgehead atoms. The number of amides is 1. The number of aryl methyl sites for hydroxylation is 3. The average molecular weight is 376 g/mol. The van der Waals surface area contributed by atoms with Crippen LogP contribution in [-0.4, -0.2) is 22.5 Å². The molecular weight excluding hydrogens is 352 g/mol. The molecule has 28 heavy (non-hydrogen) atoms. The third-order valence-electron chi connectivity index (χ3n) is 4.00. The largest absolute Gasteiger partial charge is 0.493 e. The van der Waals surface area contributed by atoms with Crippen LogP contribution in [0.5, 0.6) is 5.75 Å². The van der Waals surface area contributed by atoms with Gasteiger partial charge >= 0.3 is 0 Å². The molecule has 0 saturated heterocycles. The predicted octanol–water partition coefficient (Wildman–Crippen LogP) is 4.55. The number of carbonyl (C=O) groups is 1. The van der Waals surface area contributed by atoms with E-state index in [1.807, 2.05) is 75.4 Å². The van der Waals surface area contributed by atoms with Crippen molar-refractivity contribution in [1.29, 1.82) is 0 Å². The third-order valence-corrected chi connectivity index (χ3v) is 4.00. The molecule has 2 N–H and O–H groups in total. The van der Waals surface area contributed by atoms with Crippen LogP contribution in [-0.2, 0) is 4.79 Å². The number of benzene rings is 2. The highest BCUT2D eigenvalue weighted by Gasteiger charge is 2.05. The Balaban J connectivity index is 1.53. The van der Waals surface area contributed by atoms with Crippen LogP contribution in [0.3, 0.4) is 0 Å². The van der Waals surface area contributed by atoms with Crippen molar-refractivity contribution in [2.24, 2.45) is 0 Å². The van der Waals surface area contributed by atoms with Gasteiger partial charge in [-0.05, 0) is 57.2 Å². The van der Waals surface area contributed by atoms with Gasteiger partial charge in [-0.3, -0.25) is 4.79 Å². The molecule has 0 fully saturated rings. The van der Waals surface area contributed by atoms with Crippen LogP contribution in [0.2, 0.25) is 0 Å². The first-order valence-electron chi connectivity index (χ1n) is 9.16. The Labute approximate surface area is 165 Å². The summed E-state index contributed by atoms with van der Waals surface area (Å²) >= 11 is 0. The smallest absolute Gasteiger partial charge is 0.227 e. The van der Waals surface area contributed by atoms with E-state index in [9.17, 15) is 4.79 Å². The van der Waals surface area contributed by atoms with E-state index in [4.69, 9.17) is 4.74 Å². The number of nitrogens with zero attached hydrogens (tertiary/aromatic N) is 2. The van der Waals surface area contributed by atoms with E-state index in [2.05, 4.69) is 20.6 Å². The van der Waals surface area contributed by atoms with E-state index in [0.717, 1.165) is 22.8 Å². The summed E-state index contributed by atoms with van der Waals surface area (Å²) in [5, 5.41) is 6.06. The lowest BCUT2D eigenvalue weighted by atomic mass is 10.2. The Kier molecular flexibility index (Phi) is 6.22. The van der Waals surface area contributed by atoms with E-state index in [1.165, 1.54) is 5.56 Å². The van der Waals surface area contributed by atoms with Gasteiger partial charge in [-0.2, -0.15) is 0 Å². The van der Waals surface area contributed by atoms with Gasteiger partial charge in [-0.1, -0.05) is 23.8 Å². The first-order valence-corrected chi connectivity index (χ1v) is 9.16. The molecule has 144 valence electrons. The van der Waals surface area contributed by atoms with Gasteiger partial charge in [-0.25, -0.2) is 9.97 Å². The summed E-state index contributed by atoms with van der Waals surface area (Å²) in [4.78, 5) is 20.9. The van der Waals surface area contributed by atoms with Crippen molar-refractivity contribution < 1.29 is 9.53 Å². The van der Waals surface area contributed by atoms with Crippen LogP contribution in [0.25, 0.3) is 0 Å². The molecule has 1 heterocycles. The van der Waals surface area contributed by atoms with Gasteiger partial charge in [0, 0.05) is 22.8 Å². The van der Waals surface area contributed by atoms with Gasteiger partial charge in [-0.15, -0.1) is 0 Å².